The number of benzene rings is 3. The molecule has 164 valence electrons. The lowest BCUT2D eigenvalue weighted by Crippen LogP contribution is -2.26. The summed E-state index contributed by atoms with van der Waals surface area (Å²) in [5, 5.41) is 13.6. The van der Waals surface area contributed by atoms with E-state index in [1.165, 1.54) is 0 Å². The lowest BCUT2D eigenvalue weighted by Gasteiger charge is -2.15. The van der Waals surface area contributed by atoms with Crippen LogP contribution in [0.5, 0.6) is 0 Å². The van der Waals surface area contributed by atoms with Crippen LogP contribution in [-0.2, 0) is 9.53 Å². The van der Waals surface area contributed by atoms with E-state index in [0.717, 1.165) is 22.3 Å². The van der Waals surface area contributed by atoms with Gasteiger partial charge in [0.15, 0.2) is 0 Å². The van der Waals surface area contributed by atoms with Gasteiger partial charge in [0, 0.05) is 11.8 Å². The molecular formula is C26H20N2O5. The van der Waals surface area contributed by atoms with Crippen LogP contribution in [0.3, 0.4) is 0 Å². The summed E-state index contributed by atoms with van der Waals surface area (Å²) in [4.78, 5) is 35.4. The fourth-order valence-corrected chi connectivity index (χ4v) is 3.87. The third-order valence-corrected chi connectivity index (χ3v) is 5.28. The number of para-hydroxylation sites is 1. The van der Waals surface area contributed by atoms with Crippen molar-refractivity contribution in [1.29, 1.82) is 0 Å². The van der Waals surface area contributed by atoms with E-state index in [-0.39, 0.29) is 30.3 Å². The van der Waals surface area contributed by atoms with Gasteiger partial charge in [0.2, 0.25) is 0 Å². The van der Waals surface area contributed by atoms with Crippen LogP contribution >= 0.6 is 0 Å². The van der Waals surface area contributed by atoms with E-state index in [1.807, 2.05) is 42.3 Å². The second kappa shape index (κ2) is 9.71. The van der Waals surface area contributed by atoms with Crippen molar-refractivity contribution >= 4 is 23.7 Å². The summed E-state index contributed by atoms with van der Waals surface area (Å²) >= 11 is 0. The van der Waals surface area contributed by atoms with Gasteiger partial charge in [-0.3, -0.25) is 10.1 Å². The SMILES string of the molecule is O=C(O)C#CCNC(=O)c1ccccc1NC(=O)OCC1c2ccccc2-c2ccccc21. The molecule has 3 N–H and O–H groups in total. The molecule has 0 unspecified atom stereocenters. The third kappa shape index (κ3) is 4.86. The van der Waals surface area contributed by atoms with E-state index < -0.39 is 18.0 Å². The second-order valence-corrected chi connectivity index (χ2v) is 7.29. The Balaban J connectivity index is 1.42. The van der Waals surface area contributed by atoms with Crippen LogP contribution in [-0.4, -0.2) is 36.2 Å². The molecule has 0 saturated heterocycles. The Morgan fingerprint density at radius 2 is 1.48 bits per heavy atom. The zero-order valence-corrected chi connectivity index (χ0v) is 17.5. The van der Waals surface area contributed by atoms with Crippen LogP contribution in [0.1, 0.15) is 27.4 Å². The number of aliphatic carboxylic acids is 1. The number of carbonyl (C=O) groups is 3. The number of carbonyl (C=O) groups excluding carboxylic acids is 2. The number of amides is 2. The topological polar surface area (TPSA) is 105 Å². The summed E-state index contributed by atoms with van der Waals surface area (Å²) in [6.07, 6.45) is -0.678. The van der Waals surface area contributed by atoms with Crippen molar-refractivity contribution < 1.29 is 24.2 Å². The molecule has 1 aliphatic carbocycles. The quantitative estimate of drug-likeness (QED) is 0.523. The first-order valence-electron chi connectivity index (χ1n) is 10.3. The summed E-state index contributed by atoms with van der Waals surface area (Å²) in [6.45, 7) is 0.0173. The van der Waals surface area contributed by atoms with Gasteiger partial charge in [0.25, 0.3) is 5.91 Å². The zero-order valence-electron chi connectivity index (χ0n) is 17.5. The van der Waals surface area contributed by atoms with Crippen molar-refractivity contribution in [3.8, 4) is 23.0 Å². The molecular weight excluding hydrogens is 420 g/mol. The molecule has 0 bridgehead atoms. The van der Waals surface area contributed by atoms with Crippen molar-refractivity contribution in [1.82, 2.24) is 5.32 Å². The first-order chi connectivity index (χ1) is 16.0. The number of carboxylic acids is 1. The number of hydrogen-bond acceptors (Lipinski definition) is 4. The number of carboxylic acid groups (broad SMARTS) is 1. The Bertz CT molecular complexity index is 1240. The maximum Gasteiger partial charge on any atom is 0.411 e. The summed E-state index contributed by atoms with van der Waals surface area (Å²) in [6, 6.07) is 22.6. The van der Waals surface area contributed by atoms with Crippen LogP contribution in [0.4, 0.5) is 10.5 Å². The standard InChI is InChI=1S/C26H20N2O5/c29-24(30)14-7-15-27-25(31)21-12-5-6-13-23(21)28-26(32)33-16-22-19-10-3-1-8-17(19)18-9-2-4-11-20(18)22/h1-6,8-13,22H,15-16H2,(H,27,31)(H,28,32)(H,29,30). The molecule has 7 heteroatoms. The van der Waals surface area contributed by atoms with Gasteiger partial charge in [-0.2, -0.15) is 0 Å². The van der Waals surface area contributed by atoms with Gasteiger partial charge in [-0.1, -0.05) is 66.6 Å². The average molecular weight is 440 g/mol. The highest BCUT2D eigenvalue weighted by molar-refractivity contribution is 6.02. The van der Waals surface area contributed by atoms with Gasteiger partial charge >= 0.3 is 12.1 Å². The van der Waals surface area contributed by atoms with Crippen molar-refractivity contribution in [2.45, 2.75) is 5.92 Å². The number of fused-ring (bicyclic) bond motifs is 3. The fraction of sp³-hybridized carbons (Fsp3) is 0.115. The molecule has 0 radical (unpaired) electrons. The van der Waals surface area contributed by atoms with Crippen molar-refractivity contribution in [2.75, 3.05) is 18.5 Å². The number of ether oxygens (including phenoxy) is 1. The predicted molar refractivity (Wildman–Crippen MR) is 123 cm³/mol. The molecule has 0 heterocycles. The molecule has 3 aromatic rings. The highest BCUT2D eigenvalue weighted by atomic mass is 16.5. The Hall–Kier alpha value is -4.57. The molecule has 33 heavy (non-hydrogen) atoms. The van der Waals surface area contributed by atoms with Gasteiger partial charge in [-0.25, -0.2) is 9.59 Å². The molecule has 3 aromatic carbocycles. The largest absolute Gasteiger partial charge is 0.472 e. The minimum atomic E-state index is -1.28. The van der Waals surface area contributed by atoms with Crippen LogP contribution in [0.25, 0.3) is 11.1 Å². The van der Waals surface area contributed by atoms with E-state index in [9.17, 15) is 14.4 Å². The Morgan fingerprint density at radius 3 is 2.15 bits per heavy atom. The summed E-state index contributed by atoms with van der Waals surface area (Å²) in [7, 11) is 0. The summed E-state index contributed by atoms with van der Waals surface area (Å²) in [5.41, 5.74) is 4.97. The smallest absolute Gasteiger partial charge is 0.411 e. The fourth-order valence-electron chi connectivity index (χ4n) is 3.87. The Kier molecular flexibility index (Phi) is 6.37. The number of anilines is 1. The molecule has 1 aliphatic rings. The average Bonchev–Trinajstić information content (AvgIpc) is 3.14. The number of hydrogen-bond donors (Lipinski definition) is 3. The van der Waals surface area contributed by atoms with E-state index in [1.54, 1.807) is 24.3 Å². The maximum atomic E-state index is 12.6. The first kappa shape index (κ1) is 21.7. The van der Waals surface area contributed by atoms with Crippen LogP contribution in [0, 0.1) is 11.8 Å². The third-order valence-electron chi connectivity index (χ3n) is 5.28. The molecule has 4 rings (SSSR count). The van der Waals surface area contributed by atoms with Gasteiger partial charge in [0.1, 0.15) is 6.61 Å². The van der Waals surface area contributed by atoms with E-state index in [0.29, 0.717) is 0 Å². The molecule has 0 aromatic heterocycles. The Labute approximate surface area is 190 Å². The van der Waals surface area contributed by atoms with E-state index >= 15 is 0 Å². The van der Waals surface area contributed by atoms with Gasteiger partial charge in [-0.15, -0.1) is 0 Å². The lowest BCUT2D eigenvalue weighted by atomic mass is 9.98. The summed E-state index contributed by atoms with van der Waals surface area (Å²) < 4.78 is 5.53. The number of nitrogens with one attached hydrogen (secondary N) is 2. The molecule has 0 aliphatic heterocycles. The molecule has 0 spiro atoms. The van der Waals surface area contributed by atoms with E-state index in [2.05, 4.69) is 28.7 Å². The van der Waals surface area contributed by atoms with Crippen molar-refractivity contribution in [3.63, 3.8) is 0 Å². The lowest BCUT2D eigenvalue weighted by molar-refractivity contribution is -0.130. The highest BCUT2D eigenvalue weighted by Gasteiger charge is 2.29. The normalized spacial score (nSPS) is 11.4. The second-order valence-electron chi connectivity index (χ2n) is 7.29. The van der Waals surface area contributed by atoms with Crippen molar-refractivity contribution in [2.24, 2.45) is 0 Å². The van der Waals surface area contributed by atoms with Gasteiger partial charge in [0.05, 0.1) is 17.8 Å². The van der Waals surface area contributed by atoms with E-state index in [4.69, 9.17) is 9.84 Å². The van der Waals surface area contributed by atoms with Crippen LogP contribution in [0.2, 0.25) is 0 Å². The van der Waals surface area contributed by atoms with Crippen molar-refractivity contribution in [3.05, 3.63) is 89.5 Å². The first-order valence-corrected chi connectivity index (χ1v) is 10.3. The van der Waals surface area contributed by atoms with Gasteiger partial charge < -0.3 is 15.2 Å². The maximum absolute atomic E-state index is 12.6. The van der Waals surface area contributed by atoms with Gasteiger partial charge in [-0.05, 0) is 34.4 Å². The molecule has 2 amide bonds. The zero-order chi connectivity index (χ0) is 23.2. The van der Waals surface area contributed by atoms with Crippen LogP contribution in [0.15, 0.2) is 72.8 Å². The molecule has 0 saturated carbocycles. The monoisotopic (exact) mass is 440 g/mol. The highest BCUT2D eigenvalue weighted by Crippen LogP contribution is 2.44. The molecule has 0 atom stereocenters. The number of rotatable bonds is 5. The minimum Gasteiger partial charge on any atom is -0.472 e. The minimum absolute atomic E-state index is 0.0745. The van der Waals surface area contributed by atoms with Crippen LogP contribution < -0.4 is 10.6 Å². The Morgan fingerprint density at radius 1 is 0.879 bits per heavy atom. The predicted octanol–water partition coefficient (Wildman–Crippen LogP) is 3.87. The molecule has 0 fully saturated rings. The molecule has 7 nitrogen and oxygen atoms in total. The summed E-state index contributed by atoms with van der Waals surface area (Å²) in [5.74, 6) is 2.39.